The summed E-state index contributed by atoms with van der Waals surface area (Å²) in [5.74, 6) is -0.865. The number of carboxylic acids is 1. The molecule has 84 valence electrons. The van der Waals surface area contributed by atoms with Gasteiger partial charge in [-0.05, 0) is 18.2 Å². The monoisotopic (exact) mass is 219 g/mol. The Kier molecular flexibility index (Phi) is 2.52. The first kappa shape index (κ1) is 10.5. The first-order chi connectivity index (χ1) is 7.58. The number of nitrogens with zero attached hydrogens (tertiary/aromatic N) is 3. The van der Waals surface area contributed by atoms with Crippen molar-refractivity contribution in [1.29, 1.82) is 0 Å². The van der Waals surface area contributed by atoms with Crippen LogP contribution in [0.4, 0.5) is 5.69 Å². The predicted molar refractivity (Wildman–Crippen MR) is 61.7 cm³/mol. The van der Waals surface area contributed by atoms with Crippen molar-refractivity contribution in [3.05, 3.63) is 24.5 Å². The summed E-state index contributed by atoms with van der Waals surface area (Å²) in [5, 5.41) is 8.73. The Labute approximate surface area is 92.9 Å². The van der Waals surface area contributed by atoms with Crippen molar-refractivity contribution in [2.75, 3.05) is 19.0 Å². The SMILES string of the molecule is CN(C)c1ccc2c(c1)ncn2CC(=O)O. The van der Waals surface area contributed by atoms with Gasteiger partial charge >= 0.3 is 5.97 Å². The Hall–Kier alpha value is -2.04. The van der Waals surface area contributed by atoms with E-state index in [0.717, 1.165) is 16.7 Å². The molecular weight excluding hydrogens is 206 g/mol. The molecule has 0 bridgehead atoms. The number of rotatable bonds is 3. The fraction of sp³-hybridized carbons (Fsp3) is 0.273. The van der Waals surface area contributed by atoms with Crippen LogP contribution < -0.4 is 4.90 Å². The van der Waals surface area contributed by atoms with E-state index in [0.29, 0.717) is 0 Å². The lowest BCUT2D eigenvalue weighted by Gasteiger charge is -2.11. The van der Waals surface area contributed by atoms with Gasteiger partial charge in [-0.1, -0.05) is 0 Å². The molecule has 0 saturated carbocycles. The number of anilines is 1. The van der Waals surface area contributed by atoms with Gasteiger partial charge in [0.1, 0.15) is 6.54 Å². The van der Waals surface area contributed by atoms with Gasteiger partial charge in [-0.15, -0.1) is 0 Å². The number of imidazole rings is 1. The number of hydrogen-bond donors (Lipinski definition) is 1. The molecule has 0 unspecified atom stereocenters. The molecule has 0 atom stereocenters. The molecule has 0 fully saturated rings. The van der Waals surface area contributed by atoms with E-state index < -0.39 is 5.97 Å². The van der Waals surface area contributed by atoms with Gasteiger partial charge in [0.05, 0.1) is 17.4 Å². The molecule has 0 aliphatic rings. The number of hydrogen-bond acceptors (Lipinski definition) is 3. The molecule has 1 N–H and O–H groups in total. The number of carbonyl (C=O) groups is 1. The fourth-order valence-electron chi connectivity index (χ4n) is 1.60. The molecular formula is C11H13N3O2. The van der Waals surface area contributed by atoms with Crippen LogP contribution in [-0.2, 0) is 11.3 Å². The summed E-state index contributed by atoms with van der Waals surface area (Å²) in [4.78, 5) is 16.8. The topological polar surface area (TPSA) is 58.4 Å². The van der Waals surface area contributed by atoms with Crippen LogP contribution in [0.3, 0.4) is 0 Å². The lowest BCUT2D eigenvalue weighted by atomic mass is 10.2. The summed E-state index contributed by atoms with van der Waals surface area (Å²) in [6.07, 6.45) is 1.55. The van der Waals surface area contributed by atoms with Crippen LogP contribution in [-0.4, -0.2) is 34.7 Å². The maximum atomic E-state index is 10.6. The average Bonchev–Trinajstić information content (AvgIpc) is 2.60. The average molecular weight is 219 g/mol. The third kappa shape index (κ3) is 1.84. The summed E-state index contributed by atoms with van der Waals surface area (Å²) in [6, 6.07) is 5.77. The number of aliphatic carboxylic acids is 1. The Morgan fingerprint density at radius 2 is 2.25 bits per heavy atom. The smallest absolute Gasteiger partial charge is 0.323 e. The molecule has 0 saturated heterocycles. The zero-order valence-electron chi connectivity index (χ0n) is 9.21. The van der Waals surface area contributed by atoms with Crippen molar-refractivity contribution in [2.24, 2.45) is 0 Å². The molecule has 1 aromatic carbocycles. The van der Waals surface area contributed by atoms with Crippen LogP contribution in [0.2, 0.25) is 0 Å². The maximum Gasteiger partial charge on any atom is 0.323 e. The molecule has 1 aromatic heterocycles. The minimum atomic E-state index is -0.865. The highest BCUT2D eigenvalue weighted by Gasteiger charge is 2.06. The van der Waals surface area contributed by atoms with E-state index in [2.05, 4.69) is 4.98 Å². The summed E-state index contributed by atoms with van der Waals surface area (Å²) in [5.41, 5.74) is 2.70. The molecule has 5 heteroatoms. The minimum absolute atomic E-state index is 0.0577. The summed E-state index contributed by atoms with van der Waals surface area (Å²) < 4.78 is 1.62. The Morgan fingerprint density at radius 1 is 1.50 bits per heavy atom. The maximum absolute atomic E-state index is 10.6. The Bertz CT molecular complexity index is 531. The molecule has 2 aromatic rings. The largest absolute Gasteiger partial charge is 0.480 e. The quantitative estimate of drug-likeness (QED) is 0.842. The van der Waals surface area contributed by atoms with Crippen LogP contribution in [0.5, 0.6) is 0 Å². The van der Waals surface area contributed by atoms with Gasteiger partial charge in [-0.3, -0.25) is 4.79 Å². The Balaban J connectivity index is 2.46. The van der Waals surface area contributed by atoms with E-state index in [1.807, 2.05) is 37.2 Å². The van der Waals surface area contributed by atoms with E-state index in [-0.39, 0.29) is 6.54 Å². The van der Waals surface area contributed by atoms with E-state index in [1.165, 1.54) is 0 Å². The molecule has 0 aliphatic carbocycles. The van der Waals surface area contributed by atoms with Crippen LogP contribution in [0.15, 0.2) is 24.5 Å². The molecule has 5 nitrogen and oxygen atoms in total. The lowest BCUT2D eigenvalue weighted by molar-refractivity contribution is -0.137. The van der Waals surface area contributed by atoms with Crippen LogP contribution >= 0.6 is 0 Å². The molecule has 0 radical (unpaired) electrons. The lowest BCUT2D eigenvalue weighted by Crippen LogP contribution is -2.09. The van der Waals surface area contributed by atoms with Crippen LogP contribution in [0.1, 0.15) is 0 Å². The van der Waals surface area contributed by atoms with Gasteiger partial charge in [-0.2, -0.15) is 0 Å². The first-order valence-electron chi connectivity index (χ1n) is 4.92. The highest BCUT2D eigenvalue weighted by atomic mass is 16.4. The summed E-state index contributed by atoms with van der Waals surface area (Å²) >= 11 is 0. The van der Waals surface area contributed by atoms with Crippen molar-refractivity contribution in [3.63, 3.8) is 0 Å². The third-order valence-electron chi connectivity index (χ3n) is 2.43. The fourth-order valence-corrected chi connectivity index (χ4v) is 1.60. The van der Waals surface area contributed by atoms with Gasteiger partial charge in [0.25, 0.3) is 0 Å². The van der Waals surface area contributed by atoms with Crippen molar-refractivity contribution in [1.82, 2.24) is 9.55 Å². The Morgan fingerprint density at radius 3 is 2.88 bits per heavy atom. The predicted octanol–water partition coefficient (Wildman–Crippen LogP) is 1.19. The second-order valence-electron chi connectivity index (χ2n) is 3.83. The second kappa shape index (κ2) is 3.84. The van der Waals surface area contributed by atoms with Gasteiger partial charge in [-0.25, -0.2) is 4.98 Å². The summed E-state index contributed by atoms with van der Waals surface area (Å²) in [7, 11) is 3.91. The second-order valence-corrected chi connectivity index (χ2v) is 3.83. The van der Waals surface area contributed by atoms with Gasteiger partial charge in [0.2, 0.25) is 0 Å². The normalized spacial score (nSPS) is 10.6. The zero-order chi connectivity index (χ0) is 11.7. The van der Waals surface area contributed by atoms with Gasteiger partial charge < -0.3 is 14.6 Å². The van der Waals surface area contributed by atoms with E-state index >= 15 is 0 Å². The first-order valence-corrected chi connectivity index (χ1v) is 4.92. The zero-order valence-corrected chi connectivity index (χ0v) is 9.21. The standard InChI is InChI=1S/C11H13N3O2/c1-13(2)8-3-4-10-9(5-8)12-7-14(10)6-11(15)16/h3-5,7H,6H2,1-2H3,(H,15,16). The van der Waals surface area contributed by atoms with E-state index in [4.69, 9.17) is 5.11 Å². The van der Waals surface area contributed by atoms with Crippen LogP contribution in [0.25, 0.3) is 11.0 Å². The molecule has 0 aliphatic heterocycles. The number of benzene rings is 1. The molecule has 0 amide bonds. The molecule has 16 heavy (non-hydrogen) atoms. The van der Waals surface area contributed by atoms with Crippen molar-refractivity contribution >= 4 is 22.7 Å². The third-order valence-corrected chi connectivity index (χ3v) is 2.43. The highest BCUT2D eigenvalue weighted by molar-refractivity contribution is 5.81. The van der Waals surface area contributed by atoms with E-state index in [1.54, 1.807) is 10.9 Å². The molecule has 2 rings (SSSR count). The minimum Gasteiger partial charge on any atom is -0.480 e. The van der Waals surface area contributed by atoms with E-state index in [9.17, 15) is 4.79 Å². The van der Waals surface area contributed by atoms with Gasteiger partial charge in [0.15, 0.2) is 0 Å². The van der Waals surface area contributed by atoms with Crippen molar-refractivity contribution < 1.29 is 9.90 Å². The van der Waals surface area contributed by atoms with Gasteiger partial charge in [0, 0.05) is 19.8 Å². The highest BCUT2D eigenvalue weighted by Crippen LogP contribution is 2.19. The number of carboxylic acid groups (broad SMARTS) is 1. The van der Waals surface area contributed by atoms with Crippen LogP contribution in [0, 0.1) is 0 Å². The summed E-state index contributed by atoms with van der Waals surface area (Å²) in [6.45, 7) is -0.0577. The molecule has 1 heterocycles. The van der Waals surface area contributed by atoms with Crippen molar-refractivity contribution in [3.8, 4) is 0 Å². The number of fused-ring (bicyclic) bond motifs is 1. The molecule has 0 spiro atoms. The number of aromatic nitrogens is 2. The van der Waals surface area contributed by atoms with Crippen molar-refractivity contribution in [2.45, 2.75) is 6.54 Å².